The zero-order valence-corrected chi connectivity index (χ0v) is 8.63. The van der Waals surface area contributed by atoms with Gasteiger partial charge in [-0.25, -0.2) is 0 Å². The lowest BCUT2D eigenvalue weighted by molar-refractivity contribution is 0.0702. The molecule has 2 aliphatic carbocycles. The molecular formula is C9H13N3OS. The van der Waals surface area contributed by atoms with E-state index < -0.39 is 0 Å². The molecule has 2 saturated carbocycles. The number of rotatable bonds is 2. The Labute approximate surface area is 87.0 Å². The number of nitrogens with zero attached hydrogens (tertiary/aromatic N) is 2. The molecule has 0 saturated heterocycles. The summed E-state index contributed by atoms with van der Waals surface area (Å²) >= 11 is 5.19. The molecule has 1 aromatic rings. The highest BCUT2D eigenvalue weighted by atomic mass is 32.1. The molecule has 4 nitrogen and oxygen atoms in total. The predicted molar refractivity (Wildman–Crippen MR) is 53.7 cm³/mol. The lowest BCUT2D eigenvalue weighted by atomic mass is 9.82. The van der Waals surface area contributed by atoms with Crippen molar-refractivity contribution in [2.75, 3.05) is 0 Å². The minimum absolute atomic E-state index is 0.127. The molecule has 0 amide bonds. The zero-order valence-electron chi connectivity index (χ0n) is 7.81. The summed E-state index contributed by atoms with van der Waals surface area (Å²) in [6, 6.07) is 0.578. The number of aliphatic hydroxyl groups excluding tert-OH is 1. The van der Waals surface area contributed by atoms with Gasteiger partial charge in [-0.2, -0.15) is 5.10 Å². The molecular weight excluding hydrogens is 198 g/mol. The largest absolute Gasteiger partial charge is 0.393 e. The SMILES string of the molecule is OC1CC(c2n[nH]c(=S)n2C2CC2)C1. The smallest absolute Gasteiger partial charge is 0.195 e. The Bertz CT molecular complexity index is 400. The first-order valence-electron chi connectivity index (χ1n) is 5.10. The fourth-order valence-electron chi connectivity index (χ4n) is 2.09. The number of nitrogens with one attached hydrogen (secondary N) is 1. The third-order valence-electron chi connectivity index (χ3n) is 3.12. The van der Waals surface area contributed by atoms with Gasteiger partial charge in [0.25, 0.3) is 0 Å². The minimum atomic E-state index is -0.127. The highest BCUT2D eigenvalue weighted by molar-refractivity contribution is 7.71. The van der Waals surface area contributed by atoms with Crippen LogP contribution in [-0.2, 0) is 0 Å². The summed E-state index contributed by atoms with van der Waals surface area (Å²) in [6.45, 7) is 0. The number of hydrogen-bond donors (Lipinski definition) is 2. The summed E-state index contributed by atoms with van der Waals surface area (Å²) in [7, 11) is 0. The third kappa shape index (κ3) is 1.23. The maximum absolute atomic E-state index is 9.26. The predicted octanol–water partition coefficient (Wildman–Crippen LogP) is 1.51. The summed E-state index contributed by atoms with van der Waals surface area (Å²) in [5.74, 6) is 1.47. The van der Waals surface area contributed by atoms with Crippen molar-refractivity contribution in [3.05, 3.63) is 10.6 Å². The monoisotopic (exact) mass is 211 g/mol. The molecule has 0 aliphatic heterocycles. The van der Waals surface area contributed by atoms with Crippen LogP contribution in [0, 0.1) is 4.77 Å². The Kier molecular flexibility index (Phi) is 1.79. The Morgan fingerprint density at radius 2 is 2.14 bits per heavy atom. The van der Waals surface area contributed by atoms with Gasteiger partial charge >= 0.3 is 0 Å². The Morgan fingerprint density at radius 3 is 2.71 bits per heavy atom. The second kappa shape index (κ2) is 2.90. The molecule has 1 aromatic heterocycles. The van der Waals surface area contributed by atoms with E-state index in [-0.39, 0.29) is 6.10 Å². The van der Waals surface area contributed by atoms with Crippen LogP contribution in [0.2, 0.25) is 0 Å². The van der Waals surface area contributed by atoms with Crippen LogP contribution in [0.5, 0.6) is 0 Å². The summed E-state index contributed by atoms with van der Waals surface area (Å²) in [5, 5.41) is 16.4. The second-order valence-corrected chi connectivity index (χ2v) is 4.70. The molecule has 0 radical (unpaired) electrons. The van der Waals surface area contributed by atoms with Crippen molar-refractivity contribution in [1.29, 1.82) is 0 Å². The van der Waals surface area contributed by atoms with Gasteiger partial charge in [0.15, 0.2) is 4.77 Å². The van der Waals surface area contributed by atoms with E-state index >= 15 is 0 Å². The van der Waals surface area contributed by atoms with Crippen LogP contribution in [0.1, 0.15) is 43.5 Å². The molecule has 3 rings (SSSR count). The number of H-pyrrole nitrogens is 1. The molecule has 0 spiro atoms. The van der Waals surface area contributed by atoms with Crippen LogP contribution in [0.25, 0.3) is 0 Å². The van der Waals surface area contributed by atoms with Crippen LogP contribution >= 0.6 is 12.2 Å². The van der Waals surface area contributed by atoms with Crippen LogP contribution in [0.4, 0.5) is 0 Å². The Hall–Kier alpha value is -0.680. The van der Waals surface area contributed by atoms with E-state index in [9.17, 15) is 5.11 Å². The van der Waals surface area contributed by atoms with E-state index in [4.69, 9.17) is 12.2 Å². The van der Waals surface area contributed by atoms with E-state index in [1.165, 1.54) is 12.8 Å². The van der Waals surface area contributed by atoms with E-state index in [0.29, 0.717) is 12.0 Å². The maximum Gasteiger partial charge on any atom is 0.195 e. The summed E-state index contributed by atoms with van der Waals surface area (Å²) < 4.78 is 2.88. The zero-order chi connectivity index (χ0) is 9.71. The number of aromatic nitrogens is 3. The summed E-state index contributed by atoms with van der Waals surface area (Å²) in [5.41, 5.74) is 0. The molecule has 0 atom stereocenters. The molecule has 2 N–H and O–H groups in total. The second-order valence-electron chi connectivity index (χ2n) is 4.31. The highest BCUT2D eigenvalue weighted by Crippen LogP contribution is 2.41. The molecule has 0 unspecified atom stereocenters. The lowest BCUT2D eigenvalue weighted by Crippen LogP contribution is -2.28. The molecule has 2 aliphatic rings. The van der Waals surface area contributed by atoms with Crippen molar-refractivity contribution in [1.82, 2.24) is 14.8 Å². The van der Waals surface area contributed by atoms with Gasteiger partial charge in [0.05, 0.1) is 6.10 Å². The van der Waals surface area contributed by atoms with Crippen molar-refractivity contribution in [3.63, 3.8) is 0 Å². The van der Waals surface area contributed by atoms with Gasteiger partial charge in [-0.15, -0.1) is 0 Å². The lowest BCUT2D eigenvalue weighted by Gasteiger charge is -2.30. The molecule has 1 heterocycles. The van der Waals surface area contributed by atoms with Gasteiger partial charge < -0.3 is 9.67 Å². The van der Waals surface area contributed by atoms with E-state index in [1.807, 2.05) is 0 Å². The molecule has 0 bridgehead atoms. The van der Waals surface area contributed by atoms with E-state index in [2.05, 4.69) is 14.8 Å². The van der Waals surface area contributed by atoms with Crippen molar-refractivity contribution >= 4 is 12.2 Å². The first kappa shape index (κ1) is 8.61. The Balaban J connectivity index is 1.93. The standard InChI is InChI=1S/C9H13N3OS/c13-7-3-5(4-7)8-10-11-9(14)12(8)6-1-2-6/h5-7,13H,1-4H2,(H,11,14). The van der Waals surface area contributed by atoms with Gasteiger partial charge in [0.1, 0.15) is 5.82 Å². The van der Waals surface area contributed by atoms with Crippen LogP contribution < -0.4 is 0 Å². The molecule has 5 heteroatoms. The molecule has 14 heavy (non-hydrogen) atoms. The summed E-state index contributed by atoms with van der Waals surface area (Å²) in [4.78, 5) is 0. The van der Waals surface area contributed by atoms with E-state index in [1.54, 1.807) is 0 Å². The summed E-state index contributed by atoms with van der Waals surface area (Å²) in [6.07, 6.45) is 3.99. The first-order valence-corrected chi connectivity index (χ1v) is 5.51. The average molecular weight is 211 g/mol. The van der Waals surface area contributed by atoms with Crippen LogP contribution in [-0.4, -0.2) is 26.0 Å². The van der Waals surface area contributed by atoms with Gasteiger partial charge in [0, 0.05) is 12.0 Å². The Morgan fingerprint density at radius 1 is 1.43 bits per heavy atom. The van der Waals surface area contributed by atoms with Crippen LogP contribution in [0.15, 0.2) is 0 Å². The topological polar surface area (TPSA) is 53.8 Å². The van der Waals surface area contributed by atoms with Gasteiger partial charge in [0.2, 0.25) is 0 Å². The number of hydrogen-bond acceptors (Lipinski definition) is 3. The van der Waals surface area contributed by atoms with Crippen molar-refractivity contribution in [2.24, 2.45) is 0 Å². The van der Waals surface area contributed by atoms with Crippen molar-refractivity contribution in [2.45, 2.75) is 43.7 Å². The average Bonchev–Trinajstić information content (AvgIpc) is 2.86. The number of aromatic amines is 1. The van der Waals surface area contributed by atoms with Gasteiger partial charge in [-0.3, -0.25) is 5.10 Å². The first-order chi connectivity index (χ1) is 6.75. The normalized spacial score (nSPS) is 31.5. The van der Waals surface area contributed by atoms with Gasteiger partial charge in [-0.05, 0) is 37.9 Å². The van der Waals surface area contributed by atoms with Crippen molar-refractivity contribution < 1.29 is 5.11 Å². The molecule has 0 aromatic carbocycles. The van der Waals surface area contributed by atoms with E-state index in [0.717, 1.165) is 23.4 Å². The minimum Gasteiger partial charge on any atom is -0.393 e. The fraction of sp³-hybridized carbons (Fsp3) is 0.778. The molecule has 2 fully saturated rings. The van der Waals surface area contributed by atoms with Crippen LogP contribution in [0.3, 0.4) is 0 Å². The number of aliphatic hydroxyl groups is 1. The maximum atomic E-state index is 9.26. The van der Waals surface area contributed by atoms with Gasteiger partial charge in [-0.1, -0.05) is 0 Å². The van der Waals surface area contributed by atoms with Crippen molar-refractivity contribution in [3.8, 4) is 0 Å². The molecule has 76 valence electrons. The fourth-order valence-corrected chi connectivity index (χ4v) is 2.38. The third-order valence-corrected chi connectivity index (χ3v) is 3.41. The quantitative estimate of drug-likeness (QED) is 0.729. The highest BCUT2D eigenvalue weighted by Gasteiger charge is 2.36.